The molecule has 0 spiro atoms. The molecule has 3 aliphatic heterocycles. The van der Waals surface area contributed by atoms with Crippen molar-refractivity contribution >= 4 is 29.7 Å². The smallest absolute Gasteiger partial charge is 0.104 e. The summed E-state index contributed by atoms with van der Waals surface area (Å²) in [4.78, 5) is 7.32. The Hall–Kier alpha value is -2.84. The summed E-state index contributed by atoms with van der Waals surface area (Å²) in [5, 5.41) is 3.69. The van der Waals surface area contributed by atoms with Gasteiger partial charge in [0.25, 0.3) is 0 Å². The standard InChI is InChI=1S/C31H31N2OP/c1-2-23-22-33-20-18-24(23)21-30(33)31(28-17-19-32-29-16-10-9-15-27(28)29)34-35(25-11-5-3-6-12-25)26-13-7-4-8-14-26/h2-17,19,23-24,30-31H,1,18,20-22H2/t23-,24-,30+,31-/m0/s1. The first-order valence-corrected chi connectivity index (χ1v) is 13.8. The van der Waals surface area contributed by atoms with E-state index in [1.165, 1.54) is 28.0 Å². The van der Waals surface area contributed by atoms with Crippen LogP contribution in [-0.2, 0) is 4.52 Å². The van der Waals surface area contributed by atoms with Crippen molar-refractivity contribution < 1.29 is 4.52 Å². The summed E-state index contributed by atoms with van der Waals surface area (Å²) in [7, 11) is -0.985. The highest BCUT2D eigenvalue weighted by Gasteiger charge is 2.44. The largest absolute Gasteiger partial charge is 0.340 e. The number of fused-ring (bicyclic) bond motifs is 4. The monoisotopic (exact) mass is 478 g/mol. The molecule has 4 heterocycles. The third-order valence-corrected chi connectivity index (χ3v) is 9.67. The van der Waals surface area contributed by atoms with Gasteiger partial charge in [0.15, 0.2) is 0 Å². The number of benzene rings is 3. The molecule has 3 aromatic carbocycles. The first-order valence-electron chi connectivity index (χ1n) is 12.6. The molecule has 0 radical (unpaired) electrons. The quantitative estimate of drug-likeness (QED) is 0.232. The van der Waals surface area contributed by atoms with Crippen LogP contribution in [0.25, 0.3) is 10.9 Å². The van der Waals surface area contributed by atoms with Crippen LogP contribution in [0, 0.1) is 11.8 Å². The lowest BCUT2D eigenvalue weighted by Gasteiger charge is -2.51. The third-order valence-electron chi connectivity index (χ3n) is 7.69. The van der Waals surface area contributed by atoms with Crippen LogP contribution in [0.4, 0.5) is 0 Å². The van der Waals surface area contributed by atoms with E-state index in [2.05, 4.69) is 114 Å². The predicted octanol–water partition coefficient (Wildman–Crippen LogP) is 6.24. The van der Waals surface area contributed by atoms with Gasteiger partial charge in [0.1, 0.15) is 6.10 Å². The molecule has 0 amide bonds. The minimum absolute atomic E-state index is 0.0389. The van der Waals surface area contributed by atoms with Crippen LogP contribution in [0.3, 0.4) is 0 Å². The zero-order valence-corrected chi connectivity index (χ0v) is 20.8. The number of rotatable bonds is 7. The second-order valence-corrected chi connectivity index (χ2v) is 11.5. The number of pyridine rings is 1. The van der Waals surface area contributed by atoms with Crippen molar-refractivity contribution in [1.82, 2.24) is 9.88 Å². The molecule has 176 valence electrons. The summed E-state index contributed by atoms with van der Waals surface area (Å²) in [5.41, 5.74) is 2.28. The van der Waals surface area contributed by atoms with Gasteiger partial charge in [-0.15, -0.1) is 6.58 Å². The Morgan fingerprint density at radius 3 is 2.26 bits per heavy atom. The predicted molar refractivity (Wildman–Crippen MR) is 146 cm³/mol. The molecule has 0 N–H and O–H groups in total. The topological polar surface area (TPSA) is 25.4 Å². The molecule has 3 aliphatic rings. The van der Waals surface area contributed by atoms with E-state index in [4.69, 9.17) is 4.52 Å². The average Bonchev–Trinajstić information content (AvgIpc) is 2.94. The van der Waals surface area contributed by atoms with E-state index >= 15 is 0 Å². The number of nitrogens with zero attached hydrogens (tertiary/aromatic N) is 2. The van der Waals surface area contributed by atoms with E-state index in [0.717, 1.165) is 25.0 Å². The maximum atomic E-state index is 7.35. The van der Waals surface area contributed by atoms with Crippen molar-refractivity contribution in [3.05, 3.63) is 115 Å². The van der Waals surface area contributed by atoms with Crippen LogP contribution in [0.2, 0.25) is 0 Å². The first-order chi connectivity index (χ1) is 17.3. The fourth-order valence-corrected chi connectivity index (χ4v) is 7.81. The third kappa shape index (κ3) is 4.45. The molecular formula is C31H31N2OP. The maximum Gasteiger partial charge on any atom is 0.104 e. The molecule has 4 heteroatoms. The molecule has 4 aromatic rings. The summed E-state index contributed by atoms with van der Waals surface area (Å²) >= 11 is 0. The van der Waals surface area contributed by atoms with Gasteiger partial charge < -0.3 is 4.52 Å². The molecule has 1 unspecified atom stereocenters. The summed E-state index contributed by atoms with van der Waals surface area (Å²) in [6.45, 7) is 6.35. The number of hydrogen-bond donors (Lipinski definition) is 0. The highest BCUT2D eigenvalue weighted by atomic mass is 31.1. The molecule has 35 heavy (non-hydrogen) atoms. The lowest BCUT2D eigenvalue weighted by atomic mass is 9.73. The van der Waals surface area contributed by atoms with Gasteiger partial charge in [-0.25, -0.2) is 0 Å². The number of piperidine rings is 3. The molecule has 3 fully saturated rings. The molecule has 3 saturated heterocycles. The fourth-order valence-electron chi connectivity index (χ4n) is 5.90. The van der Waals surface area contributed by atoms with Crippen molar-refractivity contribution in [2.45, 2.75) is 25.0 Å². The molecule has 0 saturated carbocycles. The summed E-state index contributed by atoms with van der Waals surface area (Å²) in [6, 6.07) is 32.5. The van der Waals surface area contributed by atoms with Crippen molar-refractivity contribution in [1.29, 1.82) is 0 Å². The van der Waals surface area contributed by atoms with Crippen molar-refractivity contribution in [2.24, 2.45) is 11.8 Å². The van der Waals surface area contributed by atoms with E-state index < -0.39 is 8.15 Å². The van der Waals surface area contributed by atoms with Gasteiger partial charge in [0.2, 0.25) is 0 Å². The maximum absolute atomic E-state index is 7.35. The first kappa shape index (κ1) is 22.6. The SMILES string of the molecule is C=C[C@H]1CN2CC[C@H]1C[C@@H]2[C@@H](OP(c1ccccc1)c1ccccc1)c1ccnc2ccccc12. The fraction of sp³-hybridized carbons (Fsp3) is 0.258. The molecule has 1 aromatic heterocycles. The zero-order chi connectivity index (χ0) is 23.6. The van der Waals surface area contributed by atoms with Gasteiger partial charge in [-0.1, -0.05) is 84.9 Å². The van der Waals surface area contributed by atoms with E-state index in [9.17, 15) is 0 Å². The van der Waals surface area contributed by atoms with Crippen LogP contribution in [0.5, 0.6) is 0 Å². The van der Waals surface area contributed by atoms with Gasteiger partial charge in [-0.05, 0) is 48.9 Å². The van der Waals surface area contributed by atoms with E-state index in [1.807, 2.05) is 6.20 Å². The van der Waals surface area contributed by atoms with Crippen molar-refractivity contribution in [3.8, 4) is 0 Å². The number of hydrogen-bond acceptors (Lipinski definition) is 3. The van der Waals surface area contributed by atoms with Gasteiger partial charge in [-0.3, -0.25) is 9.88 Å². The Balaban J connectivity index is 1.46. The van der Waals surface area contributed by atoms with Gasteiger partial charge in [0, 0.05) is 34.8 Å². The molecule has 5 atom stereocenters. The Morgan fingerprint density at radius 2 is 1.60 bits per heavy atom. The molecule has 3 nitrogen and oxygen atoms in total. The van der Waals surface area contributed by atoms with Crippen LogP contribution >= 0.6 is 8.15 Å². The van der Waals surface area contributed by atoms with Crippen molar-refractivity contribution in [2.75, 3.05) is 13.1 Å². The minimum atomic E-state index is -0.985. The van der Waals surface area contributed by atoms with Crippen LogP contribution in [0.1, 0.15) is 24.5 Å². The van der Waals surface area contributed by atoms with E-state index in [-0.39, 0.29) is 6.10 Å². The number of para-hydroxylation sites is 1. The molecule has 2 bridgehead atoms. The Kier molecular flexibility index (Phi) is 6.48. The van der Waals surface area contributed by atoms with Gasteiger partial charge in [0.05, 0.1) is 13.7 Å². The lowest BCUT2D eigenvalue weighted by Crippen LogP contribution is -2.55. The summed E-state index contributed by atoms with van der Waals surface area (Å²) < 4.78 is 7.35. The molecule has 7 rings (SSSR count). The highest BCUT2D eigenvalue weighted by Crippen LogP contribution is 2.49. The van der Waals surface area contributed by atoms with Crippen LogP contribution in [0.15, 0.2) is 110 Å². The molecule has 0 aliphatic carbocycles. The summed E-state index contributed by atoms with van der Waals surface area (Å²) in [6.07, 6.45) is 6.48. The van der Waals surface area contributed by atoms with Gasteiger partial charge in [-0.2, -0.15) is 0 Å². The second-order valence-electron chi connectivity index (χ2n) is 9.66. The lowest BCUT2D eigenvalue weighted by molar-refractivity contribution is -0.0320. The zero-order valence-electron chi connectivity index (χ0n) is 19.9. The van der Waals surface area contributed by atoms with Gasteiger partial charge >= 0.3 is 0 Å². The minimum Gasteiger partial charge on any atom is -0.340 e. The second kappa shape index (κ2) is 10.0. The Labute approximate surface area is 209 Å². The summed E-state index contributed by atoms with van der Waals surface area (Å²) in [5.74, 6) is 1.26. The molecular weight excluding hydrogens is 447 g/mol. The van der Waals surface area contributed by atoms with E-state index in [1.54, 1.807) is 0 Å². The highest BCUT2D eigenvalue weighted by molar-refractivity contribution is 7.68. The van der Waals surface area contributed by atoms with E-state index in [0.29, 0.717) is 17.9 Å². The normalized spacial score (nSPS) is 24.5. The average molecular weight is 479 g/mol. The van der Waals surface area contributed by atoms with Crippen LogP contribution in [-0.4, -0.2) is 29.0 Å². The number of aromatic nitrogens is 1. The Bertz CT molecular complexity index is 1250. The van der Waals surface area contributed by atoms with Crippen molar-refractivity contribution in [3.63, 3.8) is 0 Å². The van der Waals surface area contributed by atoms with Crippen LogP contribution < -0.4 is 10.6 Å². The Morgan fingerprint density at radius 1 is 0.914 bits per heavy atom.